The summed E-state index contributed by atoms with van der Waals surface area (Å²) < 4.78 is 15.5. The average molecular weight is 324 g/mol. The normalized spacial score (nSPS) is 12.2. The molecule has 8 nitrogen and oxygen atoms in total. The van der Waals surface area contributed by atoms with Gasteiger partial charge in [0.15, 0.2) is 11.5 Å². The van der Waals surface area contributed by atoms with E-state index in [1.54, 1.807) is 30.6 Å². The standard InChI is InChI=1S/C16H12N4O4/c21-15(16-19-14(20-24-16)11-2-1-5-17-8-11)18-7-10-3-4-12-13(6-10)23-9-22-12/h1-6,8H,7,9H2,(H,18,21). The third-order valence-corrected chi connectivity index (χ3v) is 3.43. The Morgan fingerprint density at radius 1 is 1.21 bits per heavy atom. The van der Waals surface area contributed by atoms with E-state index in [-0.39, 0.29) is 12.7 Å². The molecular weight excluding hydrogens is 312 g/mol. The fraction of sp³-hybridized carbons (Fsp3) is 0.125. The van der Waals surface area contributed by atoms with E-state index in [9.17, 15) is 4.79 Å². The molecule has 0 saturated carbocycles. The molecule has 3 heterocycles. The van der Waals surface area contributed by atoms with Crippen molar-refractivity contribution in [3.63, 3.8) is 0 Å². The Balaban J connectivity index is 1.42. The van der Waals surface area contributed by atoms with Crippen molar-refractivity contribution in [1.29, 1.82) is 0 Å². The quantitative estimate of drug-likeness (QED) is 0.781. The van der Waals surface area contributed by atoms with Gasteiger partial charge in [-0.2, -0.15) is 4.98 Å². The number of hydrogen-bond donors (Lipinski definition) is 1. The molecule has 1 aromatic carbocycles. The molecule has 0 fully saturated rings. The summed E-state index contributed by atoms with van der Waals surface area (Å²) in [5.41, 5.74) is 1.55. The van der Waals surface area contributed by atoms with Crippen LogP contribution in [-0.2, 0) is 6.54 Å². The molecule has 0 atom stereocenters. The summed E-state index contributed by atoms with van der Waals surface area (Å²) in [6.45, 7) is 0.518. The number of aromatic nitrogens is 3. The number of rotatable bonds is 4. The SMILES string of the molecule is O=C(NCc1ccc2c(c1)OCO2)c1nc(-c2cccnc2)no1. The van der Waals surface area contributed by atoms with Crippen LogP contribution in [-0.4, -0.2) is 27.8 Å². The summed E-state index contributed by atoms with van der Waals surface area (Å²) in [6.07, 6.45) is 3.24. The Morgan fingerprint density at radius 2 is 2.12 bits per heavy atom. The van der Waals surface area contributed by atoms with Crippen LogP contribution in [0.3, 0.4) is 0 Å². The molecule has 1 aliphatic rings. The van der Waals surface area contributed by atoms with Gasteiger partial charge in [-0.15, -0.1) is 0 Å². The number of carbonyl (C=O) groups excluding carboxylic acids is 1. The third kappa shape index (κ3) is 2.76. The highest BCUT2D eigenvalue weighted by molar-refractivity contribution is 5.89. The Kier molecular flexibility index (Phi) is 3.54. The van der Waals surface area contributed by atoms with Crippen LogP contribution in [0.15, 0.2) is 47.2 Å². The molecular formula is C16H12N4O4. The van der Waals surface area contributed by atoms with Gasteiger partial charge in [0, 0.05) is 24.5 Å². The second-order valence-corrected chi connectivity index (χ2v) is 5.04. The lowest BCUT2D eigenvalue weighted by Gasteiger charge is -2.03. The summed E-state index contributed by atoms with van der Waals surface area (Å²) in [7, 11) is 0. The van der Waals surface area contributed by atoms with Crippen molar-refractivity contribution >= 4 is 5.91 Å². The molecule has 0 unspecified atom stereocenters. The molecule has 1 N–H and O–H groups in total. The molecule has 1 aliphatic heterocycles. The van der Waals surface area contributed by atoms with Gasteiger partial charge in [0.05, 0.1) is 0 Å². The zero-order valence-electron chi connectivity index (χ0n) is 12.4. The predicted molar refractivity (Wildman–Crippen MR) is 81.3 cm³/mol. The maximum Gasteiger partial charge on any atom is 0.316 e. The Labute approximate surface area is 136 Å². The average Bonchev–Trinajstić information content (AvgIpc) is 3.29. The topological polar surface area (TPSA) is 99.4 Å². The van der Waals surface area contributed by atoms with Gasteiger partial charge in [0.1, 0.15) is 0 Å². The minimum absolute atomic E-state index is 0.102. The molecule has 0 spiro atoms. The van der Waals surface area contributed by atoms with Crippen molar-refractivity contribution in [3.8, 4) is 22.9 Å². The number of benzene rings is 1. The van der Waals surface area contributed by atoms with Gasteiger partial charge in [-0.05, 0) is 29.8 Å². The molecule has 0 saturated heterocycles. The van der Waals surface area contributed by atoms with Crippen LogP contribution >= 0.6 is 0 Å². The van der Waals surface area contributed by atoms with Crippen LogP contribution in [0.2, 0.25) is 0 Å². The highest BCUT2D eigenvalue weighted by Gasteiger charge is 2.17. The van der Waals surface area contributed by atoms with E-state index in [4.69, 9.17) is 14.0 Å². The molecule has 0 bridgehead atoms. The van der Waals surface area contributed by atoms with Crippen LogP contribution in [0, 0.1) is 0 Å². The Hall–Kier alpha value is -3.42. The first-order valence-corrected chi connectivity index (χ1v) is 7.20. The lowest BCUT2D eigenvalue weighted by atomic mass is 10.2. The molecule has 24 heavy (non-hydrogen) atoms. The van der Waals surface area contributed by atoms with E-state index < -0.39 is 5.91 Å². The number of ether oxygens (including phenoxy) is 2. The molecule has 1 amide bonds. The molecule has 3 aromatic rings. The van der Waals surface area contributed by atoms with Crippen LogP contribution in [0.1, 0.15) is 16.2 Å². The van der Waals surface area contributed by atoms with Crippen molar-refractivity contribution in [2.45, 2.75) is 6.54 Å². The molecule has 2 aromatic heterocycles. The summed E-state index contributed by atoms with van der Waals surface area (Å²) in [6, 6.07) is 9.01. The number of fused-ring (bicyclic) bond motifs is 1. The highest BCUT2D eigenvalue weighted by Crippen LogP contribution is 2.32. The van der Waals surface area contributed by atoms with E-state index >= 15 is 0 Å². The lowest BCUT2D eigenvalue weighted by molar-refractivity contribution is 0.0907. The number of hydrogen-bond acceptors (Lipinski definition) is 7. The summed E-state index contributed by atoms with van der Waals surface area (Å²) >= 11 is 0. The van der Waals surface area contributed by atoms with Crippen molar-refractivity contribution in [3.05, 3.63) is 54.2 Å². The zero-order valence-corrected chi connectivity index (χ0v) is 12.4. The number of nitrogens with zero attached hydrogens (tertiary/aromatic N) is 3. The van der Waals surface area contributed by atoms with Gasteiger partial charge in [0.2, 0.25) is 12.6 Å². The maximum absolute atomic E-state index is 12.1. The number of nitrogens with one attached hydrogen (secondary N) is 1. The molecule has 8 heteroatoms. The molecule has 120 valence electrons. The fourth-order valence-electron chi connectivity index (χ4n) is 2.24. The minimum atomic E-state index is -0.449. The summed E-state index contributed by atoms with van der Waals surface area (Å²) in [5, 5.41) is 6.51. The maximum atomic E-state index is 12.1. The van der Waals surface area contributed by atoms with Crippen LogP contribution in [0.4, 0.5) is 0 Å². The highest BCUT2D eigenvalue weighted by atomic mass is 16.7. The van der Waals surface area contributed by atoms with Gasteiger partial charge >= 0.3 is 11.8 Å². The van der Waals surface area contributed by atoms with Gasteiger partial charge < -0.3 is 19.3 Å². The van der Waals surface area contributed by atoms with E-state index in [0.717, 1.165) is 5.56 Å². The smallest absolute Gasteiger partial charge is 0.316 e. The van der Waals surface area contributed by atoms with Crippen LogP contribution < -0.4 is 14.8 Å². The van der Waals surface area contributed by atoms with Gasteiger partial charge in [-0.1, -0.05) is 11.2 Å². The van der Waals surface area contributed by atoms with Crippen LogP contribution in [0.25, 0.3) is 11.4 Å². The Bertz CT molecular complexity index is 879. The monoisotopic (exact) mass is 324 g/mol. The van der Waals surface area contributed by atoms with Gasteiger partial charge in [0.25, 0.3) is 0 Å². The summed E-state index contributed by atoms with van der Waals surface area (Å²) in [4.78, 5) is 20.2. The number of amides is 1. The van der Waals surface area contributed by atoms with E-state index in [1.807, 2.05) is 12.1 Å². The van der Waals surface area contributed by atoms with E-state index in [0.29, 0.717) is 29.4 Å². The fourth-order valence-corrected chi connectivity index (χ4v) is 2.24. The molecule has 0 radical (unpaired) electrons. The second kappa shape index (κ2) is 5.99. The lowest BCUT2D eigenvalue weighted by Crippen LogP contribution is -2.23. The summed E-state index contributed by atoms with van der Waals surface area (Å²) in [5.74, 6) is 1.13. The van der Waals surface area contributed by atoms with Crippen LogP contribution in [0.5, 0.6) is 11.5 Å². The largest absolute Gasteiger partial charge is 0.454 e. The van der Waals surface area contributed by atoms with E-state index in [1.165, 1.54) is 0 Å². The van der Waals surface area contributed by atoms with Crippen molar-refractivity contribution in [2.24, 2.45) is 0 Å². The van der Waals surface area contributed by atoms with Gasteiger partial charge in [-0.3, -0.25) is 9.78 Å². The number of carbonyl (C=O) groups is 1. The third-order valence-electron chi connectivity index (χ3n) is 3.43. The minimum Gasteiger partial charge on any atom is -0.454 e. The van der Waals surface area contributed by atoms with Crippen molar-refractivity contribution in [2.75, 3.05) is 6.79 Å². The van der Waals surface area contributed by atoms with Crippen molar-refractivity contribution < 1.29 is 18.8 Å². The van der Waals surface area contributed by atoms with Crippen molar-refractivity contribution in [1.82, 2.24) is 20.4 Å². The Morgan fingerprint density at radius 3 is 3.00 bits per heavy atom. The predicted octanol–water partition coefficient (Wildman–Crippen LogP) is 1.79. The van der Waals surface area contributed by atoms with E-state index in [2.05, 4.69) is 20.4 Å². The molecule has 4 rings (SSSR count). The first-order valence-electron chi connectivity index (χ1n) is 7.20. The second-order valence-electron chi connectivity index (χ2n) is 5.04. The zero-order chi connectivity index (χ0) is 16.4. The van der Waals surface area contributed by atoms with Gasteiger partial charge in [-0.25, -0.2) is 0 Å². The number of pyridine rings is 1. The molecule has 0 aliphatic carbocycles. The first-order chi connectivity index (χ1) is 11.8. The first kappa shape index (κ1) is 14.2.